The number of benzene rings is 3. The zero-order chi connectivity index (χ0) is 29.4. The standard InChI is InChI=1S/C37H40N6/c1-29-11-9-12-30(2)35(29)43-37(38-39-40-43)36(34-22-20-33(21-23-34)19-18-32-15-7-4-8-16-32)42-27-25-41(26-28-42)24-10-17-31-13-5-3-6-14-31/h3-22,34,36H,23-28H2,1-2H3/b17-10+,19-18+/t34?,36-/m0/s1. The number of nitrogens with zero attached hydrogens (tertiary/aromatic N) is 6. The summed E-state index contributed by atoms with van der Waals surface area (Å²) in [6.45, 7) is 9.20. The third-order valence-electron chi connectivity index (χ3n) is 8.52. The first-order chi connectivity index (χ1) is 21.2. The monoisotopic (exact) mass is 568 g/mol. The van der Waals surface area contributed by atoms with E-state index in [4.69, 9.17) is 0 Å². The molecule has 1 unspecified atom stereocenters. The summed E-state index contributed by atoms with van der Waals surface area (Å²) >= 11 is 0. The van der Waals surface area contributed by atoms with E-state index in [2.05, 4.69) is 161 Å². The van der Waals surface area contributed by atoms with Gasteiger partial charge in [-0.05, 0) is 58.5 Å². The van der Waals surface area contributed by atoms with Crippen molar-refractivity contribution in [2.45, 2.75) is 26.3 Å². The van der Waals surface area contributed by atoms with E-state index in [-0.39, 0.29) is 12.0 Å². The summed E-state index contributed by atoms with van der Waals surface area (Å²) < 4.78 is 1.99. The van der Waals surface area contributed by atoms with E-state index in [1.807, 2.05) is 4.68 Å². The molecule has 4 aromatic rings. The van der Waals surface area contributed by atoms with Gasteiger partial charge in [-0.2, -0.15) is 4.68 Å². The Morgan fingerprint density at radius 1 is 0.791 bits per heavy atom. The number of para-hydroxylation sites is 1. The Bertz CT molecular complexity index is 1590. The minimum atomic E-state index is 0.0724. The predicted octanol–water partition coefficient (Wildman–Crippen LogP) is 6.87. The van der Waals surface area contributed by atoms with Crippen LogP contribution in [-0.2, 0) is 0 Å². The molecule has 1 aliphatic carbocycles. The van der Waals surface area contributed by atoms with Crippen molar-refractivity contribution in [2.24, 2.45) is 5.92 Å². The molecule has 1 aromatic heterocycles. The predicted molar refractivity (Wildman–Crippen MR) is 176 cm³/mol. The van der Waals surface area contributed by atoms with Crippen LogP contribution in [0.3, 0.4) is 0 Å². The zero-order valence-corrected chi connectivity index (χ0v) is 25.1. The molecule has 43 heavy (non-hydrogen) atoms. The van der Waals surface area contributed by atoms with E-state index < -0.39 is 0 Å². The van der Waals surface area contributed by atoms with Crippen LogP contribution in [0, 0.1) is 19.8 Å². The van der Waals surface area contributed by atoms with Crippen molar-refractivity contribution >= 4 is 12.2 Å². The molecule has 0 bridgehead atoms. The fraction of sp³-hybridized carbons (Fsp3) is 0.270. The van der Waals surface area contributed by atoms with Crippen LogP contribution in [-0.4, -0.2) is 62.7 Å². The molecule has 1 fully saturated rings. The van der Waals surface area contributed by atoms with Gasteiger partial charge in [0, 0.05) is 38.6 Å². The van der Waals surface area contributed by atoms with Crippen molar-refractivity contribution in [3.63, 3.8) is 0 Å². The second-order valence-electron chi connectivity index (χ2n) is 11.5. The van der Waals surface area contributed by atoms with Gasteiger partial charge in [0.05, 0.1) is 11.7 Å². The average Bonchev–Trinajstić information content (AvgIpc) is 3.51. The van der Waals surface area contributed by atoms with Gasteiger partial charge in [-0.3, -0.25) is 9.80 Å². The van der Waals surface area contributed by atoms with Gasteiger partial charge in [0.1, 0.15) is 0 Å². The molecule has 0 N–H and O–H groups in total. The van der Waals surface area contributed by atoms with Crippen LogP contribution in [0.5, 0.6) is 0 Å². The fourth-order valence-corrected chi connectivity index (χ4v) is 6.20. The number of rotatable bonds is 9. The number of aromatic nitrogens is 4. The van der Waals surface area contributed by atoms with Gasteiger partial charge in [0.25, 0.3) is 0 Å². The molecule has 0 amide bonds. The summed E-state index contributed by atoms with van der Waals surface area (Å²) in [5.41, 5.74) is 7.13. The quantitative estimate of drug-likeness (QED) is 0.221. The Morgan fingerprint density at radius 3 is 2.12 bits per heavy atom. The third kappa shape index (κ3) is 6.99. The van der Waals surface area contributed by atoms with Crippen LogP contribution in [0.25, 0.3) is 17.8 Å². The summed E-state index contributed by atoms with van der Waals surface area (Å²) in [6.07, 6.45) is 16.8. The van der Waals surface area contributed by atoms with Gasteiger partial charge in [0.2, 0.25) is 0 Å². The molecule has 1 saturated heterocycles. The third-order valence-corrected chi connectivity index (χ3v) is 8.52. The van der Waals surface area contributed by atoms with Gasteiger partial charge >= 0.3 is 0 Å². The second-order valence-corrected chi connectivity index (χ2v) is 11.5. The van der Waals surface area contributed by atoms with Crippen molar-refractivity contribution in [2.75, 3.05) is 32.7 Å². The van der Waals surface area contributed by atoms with Crippen molar-refractivity contribution in [1.82, 2.24) is 30.0 Å². The first-order valence-electron chi connectivity index (χ1n) is 15.3. The highest BCUT2D eigenvalue weighted by Gasteiger charge is 2.35. The summed E-state index contributed by atoms with van der Waals surface area (Å²) in [7, 11) is 0. The Balaban J connectivity index is 1.22. The van der Waals surface area contributed by atoms with Crippen LogP contribution >= 0.6 is 0 Å². The maximum Gasteiger partial charge on any atom is 0.174 e. The first kappa shape index (κ1) is 28.7. The van der Waals surface area contributed by atoms with Gasteiger partial charge in [-0.25, -0.2) is 0 Å². The fourth-order valence-electron chi connectivity index (χ4n) is 6.20. The van der Waals surface area contributed by atoms with Gasteiger partial charge in [-0.15, -0.1) is 5.10 Å². The van der Waals surface area contributed by atoms with E-state index in [1.54, 1.807) is 0 Å². The largest absolute Gasteiger partial charge is 0.297 e. The molecule has 6 nitrogen and oxygen atoms in total. The van der Waals surface area contributed by atoms with Crippen LogP contribution in [0.2, 0.25) is 0 Å². The molecule has 2 aliphatic rings. The van der Waals surface area contributed by atoms with Crippen LogP contribution in [0.15, 0.2) is 115 Å². The normalized spacial score (nSPS) is 18.8. The zero-order valence-electron chi connectivity index (χ0n) is 25.1. The molecule has 3 aromatic carbocycles. The highest BCUT2D eigenvalue weighted by atomic mass is 15.6. The number of hydrogen-bond donors (Lipinski definition) is 0. The maximum atomic E-state index is 4.69. The van der Waals surface area contributed by atoms with Gasteiger partial charge in [-0.1, -0.05) is 121 Å². The lowest BCUT2D eigenvalue weighted by atomic mass is 9.88. The van der Waals surface area contributed by atoms with Gasteiger partial charge in [0.15, 0.2) is 5.82 Å². The van der Waals surface area contributed by atoms with Crippen molar-refractivity contribution in [3.8, 4) is 5.69 Å². The van der Waals surface area contributed by atoms with E-state index >= 15 is 0 Å². The first-order valence-corrected chi connectivity index (χ1v) is 15.3. The minimum absolute atomic E-state index is 0.0724. The molecule has 6 rings (SSSR count). The van der Waals surface area contributed by atoms with E-state index in [1.165, 1.54) is 27.8 Å². The van der Waals surface area contributed by atoms with Crippen molar-refractivity contribution in [3.05, 3.63) is 143 Å². The Hall–Kier alpha value is -4.39. The molecule has 0 spiro atoms. The molecule has 218 valence electrons. The Kier molecular flexibility index (Phi) is 9.16. The van der Waals surface area contributed by atoms with Crippen molar-refractivity contribution in [1.29, 1.82) is 0 Å². The van der Waals surface area contributed by atoms with Crippen molar-refractivity contribution < 1.29 is 0 Å². The summed E-state index contributed by atoms with van der Waals surface area (Å²) in [6, 6.07) is 27.4. The van der Waals surface area contributed by atoms with Crippen LogP contribution in [0.1, 0.15) is 40.5 Å². The van der Waals surface area contributed by atoms with E-state index in [0.29, 0.717) is 0 Å². The number of aryl methyl sites for hydroxylation is 2. The molecule has 6 heteroatoms. The molecule has 2 atom stereocenters. The van der Waals surface area contributed by atoms with Crippen LogP contribution < -0.4 is 0 Å². The summed E-state index contributed by atoms with van der Waals surface area (Å²) in [4.78, 5) is 5.13. The highest BCUT2D eigenvalue weighted by Crippen LogP contribution is 2.36. The maximum absolute atomic E-state index is 4.69. The number of piperazine rings is 1. The lowest BCUT2D eigenvalue weighted by Gasteiger charge is -2.41. The number of hydrogen-bond acceptors (Lipinski definition) is 5. The Labute approximate surface area is 255 Å². The second kappa shape index (κ2) is 13.7. The van der Waals surface area contributed by atoms with Crippen LogP contribution in [0.4, 0.5) is 0 Å². The lowest BCUT2D eigenvalue weighted by molar-refractivity contribution is 0.0785. The Morgan fingerprint density at radius 2 is 1.47 bits per heavy atom. The lowest BCUT2D eigenvalue weighted by Crippen LogP contribution is -2.49. The number of tetrazole rings is 1. The van der Waals surface area contributed by atoms with E-state index in [0.717, 1.165) is 50.7 Å². The van der Waals surface area contributed by atoms with Gasteiger partial charge < -0.3 is 0 Å². The topological polar surface area (TPSA) is 50.1 Å². The number of allylic oxidation sites excluding steroid dienone is 4. The molecule has 0 saturated carbocycles. The molecule has 2 heterocycles. The average molecular weight is 569 g/mol. The molecular weight excluding hydrogens is 528 g/mol. The molecule has 0 radical (unpaired) electrons. The molecule has 1 aliphatic heterocycles. The summed E-state index contributed by atoms with van der Waals surface area (Å²) in [5, 5.41) is 13.4. The molecular formula is C37H40N6. The SMILES string of the molecule is Cc1cccc(C)c1-n1nnnc1[C@H](C1C=CC(/C=C/c2ccccc2)=CC1)N1CCN(C/C=C/c2ccccc2)CC1. The highest BCUT2D eigenvalue weighted by molar-refractivity contribution is 5.55. The summed E-state index contributed by atoms with van der Waals surface area (Å²) in [5.74, 6) is 1.19. The smallest absolute Gasteiger partial charge is 0.174 e. The minimum Gasteiger partial charge on any atom is -0.297 e. The van der Waals surface area contributed by atoms with E-state index in [9.17, 15) is 0 Å².